The van der Waals surface area contributed by atoms with Gasteiger partial charge in [-0.1, -0.05) is 19.2 Å². The van der Waals surface area contributed by atoms with Crippen molar-refractivity contribution in [3.05, 3.63) is 25.1 Å². The van der Waals surface area contributed by atoms with E-state index in [4.69, 9.17) is 0 Å². The van der Waals surface area contributed by atoms with Crippen molar-refractivity contribution in [1.82, 2.24) is 5.01 Å². The Balaban J connectivity index is 4.02. The molecule has 0 amide bonds. The lowest BCUT2D eigenvalue weighted by molar-refractivity contribution is 0.446. The number of nitrogens with zero attached hydrogens (tertiary/aromatic N) is 3. The van der Waals surface area contributed by atoms with E-state index >= 15 is 0 Å². The molecule has 0 atom stereocenters. The number of hydrogen-bond donors (Lipinski definition) is 0. The summed E-state index contributed by atoms with van der Waals surface area (Å²) in [5.41, 5.74) is 0. The van der Waals surface area contributed by atoms with Crippen LogP contribution in [-0.4, -0.2) is 24.5 Å². The monoisotopic (exact) mass is 151 g/mol. The van der Waals surface area contributed by atoms with Crippen molar-refractivity contribution in [2.24, 2.45) is 10.1 Å². The van der Waals surface area contributed by atoms with Crippen LogP contribution in [0.25, 0.3) is 0 Å². The van der Waals surface area contributed by atoms with E-state index in [1.807, 2.05) is 6.92 Å². The highest BCUT2D eigenvalue weighted by molar-refractivity contribution is 5.71. The second-order valence-corrected chi connectivity index (χ2v) is 1.83. The van der Waals surface area contributed by atoms with Crippen molar-refractivity contribution in [3.8, 4) is 0 Å². The molecule has 0 fully saturated rings. The van der Waals surface area contributed by atoms with Gasteiger partial charge in [0, 0.05) is 19.5 Å². The minimum absolute atomic E-state index is 0.586. The molecule has 11 heavy (non-hydrogen) atoms. The lowest BCUT2D eigenvalue weighted by Crippen LogP contribution is -2.07. The number of hydrazone groups is 1. The third kappa shape index (κ3) is 4.08. The zero-order valence-electron chi connectivity index (χ0n) is 6.99. The van der Waals surface area contributed by atoms with Crippen LogP contribution in [-0.2, 0) is 0 Å². The van der Waals surface area contributed by atoms with Gasteiger partial charge in [-0.15, -0.1) is 0 Å². The Hall–Kier alpha value is -1.38. The Morgan fingerprint density at radius 2 is 2.18 bits per heavy atom. The topological polar surface area (TPSA) is 28.0 Å². The van der Waals surface area contributed by atoms with E-state index in [2.05, 4.69) is 23.3 Å². The van der Waals surface area contributed by atoms with Gasteiger partial charge >= 0.3 is 0 Å². The predicted molar refractivity (Wildman–Crippen MR) is 49.8 cm³/mol. The molecule has 0 aliphatic carbocycles. The highest BCUT2D eigenvalue weighted by Gasteiger charge is 1.92. The van der Waals surface area contributed by atoms with Gasteiger partial charge in [0.05, 0.1) is 0 Å². The van der Waals surface area contributed by atoms with Crippen molar-refractivity contribution >= 4 is 12.4 Å². The number of aliphatic imine (C=N–C) groups is 1. The van der Waals surface area contributed by atoms with E-state index in [9.17, 15) is 0 Å². The Bertz CT molecular complexity index is 192. The van der Waals surface area contributed by atoms with Crippen LogP contribution < -0.4 is 0 Å². The van der Waals surface area contributed by atoms with E-state index in [1.54, 1.807) is 30.6 Å². The molecular formula is C8H13N3. The maximum Gasteiger partial charge on any atom is 0.141 e. The molecule has 0 saturated heterocycles. The fourth-order valence-electron chi connectivity index (χ4n) is 0.462. The summed E-state index contributed by atoms with van der Waals surface area (Å²) in [5, 5.41) is 5.52. The highest BCUT2D eigenvalue weighted by atomic mass is 15.5. The van der Waals surface area contributed by atoms with Crippen molar-refractivity contribution < 1.29 is 0 Å². The van der Waals surface area contributed by atoms with E-state index in [-0.39, 0.29) is 0 Å². The summed E-state index contributed by atoms with van der Waals surface area (Å²) < 4.78 is 0. The molecule has 0 spiro atoms. The van der Waals surface area contributed by atoms with Crippen LogP contribution in [0.15, 0.2) is 35.1 Å². The van der Waals surface area contributed by atoms with Crippen LogP contribution in [0.2, 0.25) is 0 Å². The standard InChI is InChI=1S/C8H13N3/c1-5-7-9-8(3)11(4)10-6-2/h5-7H,1,3H2,2,4H3/b9-7?,10-6-. The maximum atomic E-state index is 3.94. The molecule has 0 aromatic rings. The van der Waals surface area contributed by atoms with Gasteiger partial charge in [0.2, 0.25) is 0 Å². The van der Waals surface area contributed by atoms with Crippen LogP contribution in [0.5, 0.6) is 0 Å². The Labute approximate surface area is 67.4 Å². The summed E-state index contributed by atoms with van der Waals surface area (Å²) in [7, 11) is 1.78. The Morgan fingerprint density at radius 1 is 1.55 bits per heavy atom. The van der Waals surface area contributed by atoms with Crippen LogP contribution >= 0.6 is 0 Å². The zero-order valence-corrected chi connectivity index (χ0v) is 6.99. The summed E-state index contributed by atoms with van der Waals surface area (Å²) in [6, 6.07) is 0. The van der Waals surface area contributed by atoms with Gasteiger partial charge in [0.15, 0.2) is 0 Å². The minimum atomic E-state index is 0.586. The summed E-state index contributed by atoms with van der Waals surface area (Å²) >= 11 is 0. The molecule has 3 heteroatoms. The van der Waals surface area contributed by atoms with Gasteiger partial charge < -0.3 is 0 Å². The first-order valence-electron chi connectivity index (χ1n) is 3.28. The smallest absolute Gasteiger partial charge is 0.141 e. The molecule has 0 radical (unpaired) electrons. The SMILES string of the molecule is C=CC=NC(=C)N(C)/N=C\C. The van der Waals surface area contributed by atoms with Crippen LogP contribution in [0.1, 0.15) is 6.92 Å². The Kier molecular flexibility index (Phi) is 4.73. The summed E-state index contributed by atoms with van der Waals surface area (Å²) in [4.78, 5) is 3.94. The zero-order chi connectivity index (χ0) is 8.69. The number of hydrogen-bond acceptors (Lipinski definition) is 3. The number of allylic oxidation sites excluding steroid dienone is 1. The van der Waals surface area contributed by atoms with Gasteiger partial charge in [0.25, 0.3) is 0 Å². The third-order valence-corrected chi connectivity index (χ3v) is 0.991. The summed E-state index contributed by atoms with van der Waals surface area (Å²) in [6.45, 7) is 9.00. The maximum absolute atomic E-state index is 3.94. The van der Waals surface area contributed by atoms with Gasteiger partial charge in [0.1, 0.15) is 5.82 Å². The lowest BCUT2D eigenvalue weighted by Gasteiger charge is -2.09. The molecule has 0 aromatic carbocycles. The first-order chi connectivity index (χ1) is 5.22. The van der Waals surface area contributed by atoms with Crippen LogP contribution in [0.4, 0.5) is 0 Å². The molecule has 0 saturated carbocycles. The van der Waals surface area contributed by atoms with Crippen LogP contribution in [0, 0.1) is 0 Å². The number of rotatable bonds is 4. The third-order valence-electron chi connectivity index (χ3n) is 0.991. The van der Waals surface area contributed by atoms with Crippen molar-refractivity contribution in [2.75, 3.05) is 7.05 Å². The van der Waals surface area contributed by atoms with Gasteiger partial charge in [-0.2, -0.15) is 5.10 Å². The van der Waals surface area contributed by atoms with Crippen molar-refractivity contribution in [2.45, 2.75) is 6.92 Å². The summed E-state index contributed by atoms with van der Waals surface area (Å²) in [5.74, 6) is 0.586. The fourth-order valence-corrected chi connectivity index (χ4v) is 0.462. The normalized spacial score (nSPS) is 10.7. The second-order valence-electron chi connectivity index (χ2n) is 1.83. The second kappa shape index (κ2) is 5.41. The van der Waals surface area contributed by atoms with E-state index in [0.29, 0.717) is 5.82 Å². The molecule has 60 valence electrons. The lowest BCUT2D eigenvalue weighted by atomic mass is 10.7. The highest BCUT2D eigenvalue weighted by Crippen LogP contribution is 1.98. The molecule has 0 rings (SSSR count). The molecule has 0 bridgehead atoms. The summed E-state index contributed by atoms with van der Waals surface area (Å²) in [6.07, 6.45) is 4.84. The molecule has 0 aliphatic heterocycles. The van der Waals surface area contributed by atoms with Gasteiger partial charge in [-0.3, -0.25) is 5.01 Å². The molecule has 0 N–H and O–H groups in total. The van der Waals surface area contributed by atoms with Crippen molar-refractivity contribution in [1.29, 1.82) is 0 Å². The average molecular weight is 151 g/mol. The fraction of sp³-hybridized carbons (Fsp3) is 0.250. The molecule has 0 unspecified atom stereocenters. The largest absolute Gasteiger partial charge is 0.252 e. The first kappa shape index (κ1) is 9.62. The molecule has 0 aromatic heterocycles. The quantitative estimate of drug-likeness (QED) is 0.443. The predicted octanol–water partition coefficient (Wildman–Crippen LogP) is 1.65. The van der Waals surface area contributed by atoms with E-state index in [1.165, 1.54) is 0 Å². The van der Waals surface area contributed by atoms with E-state index < -0.39 is 0 Å². The van der Waals surface area contributed by atoms with E-state index in [0.717, 1.165) is 0 Å². The Morgan fingerprint density at radius 3 is 2.64 bits per heavy atom. The van der Waals surface area contributed by atoms with Crippen molar-refractivity contribution in [3.63, 3.8) is 0 Å². The van der Waals surface area contributed by atoms with Gasteiger partial charge in [-0.25, -0.2) is 4.99 Å². The molecule has 3 nitrogen and oxygen atoms in total. The van der Waals surface area contributed by atoms with Crippen LogP contribution in [0.3, 0.4) is 0 Å². The molecule has 0 heterocycles. The molecule has 0 aliphatic rings. The van der Waals surface area contributed by atoms with Gasteiger partial charge in [-0.05, 0) is 6.92 Å². The first-order valence-corrected chi connectivity index (χ1v) is 3.28. The minimum Gasteiger partial charge on any atom is -0.252 e. The average Bonchev–Trinajstić information content (AvgIpc) is 2.00. The molecular weight excluding hydrogens is 138 g/mol.